The van der Waals surface area contributed by atoms with E-state index in [1.807, 2.05) is 6.92 Å². The van der Waals surface area contributed by atoms with E-state index in [1.54, 1.807) is 6.92 Å². The molecule has 0 aliphatic carbocycles. The van der Waals surface area contributed by atoms with Gasteiger partial charge in [0.05, 0.1) is 0 Å². The summed E-state index contributed by atoms with van der Waals surface area (Å²) in [7, 11) is 0. The van der Waals surface area contributed by atoms with E-state index in [2.05, 4.69) is 0 Å². The van der Waals surface area contributed by atoms with E-state index in [0.29, 0.717) is 12.4 Å². The smallest absolute Gasteiger partial charge is 0.333 e. The lowest BCUT2D eigenvalue weighted by atomic mass is 10.2. The van der Waals surface area contributed by atoms with E-state index in [0.717, 1.165) is 5.75 Å². The molecule has 0 aliphatic rings. The number of rotatable bonds is 8. The van der Waals surface area contributed by atoms with Crippen LogP contribution in [0.1, 0.15) is 13.8 Å². The predicted octanol–water partition coefficient (Wildman–Crippen LogP) is 0.838. The first kappa shape index (κ1) is 13.7. The molecular weight excluding hydrogens is 204 g/mol. The number of aliphatic carboxylic acids is 1. The fourth-order valence-corrected chi connectivity index (χ4v) is 1.92. The van der Waals surface area contributed by atoms with Crippen molar-refractivity contribution in [1.29, 1.82) is 0 Å². The fourth-order valence-electron chi connectivity index (χ4n) is 0.821. The van der Waals surface area contributed by atoms with E-state index >= 15 is 0 Å². The highest BCUT2D eigenvalue weighted by Gasteiger charge is 2.17. The second kappa shape index (κ2) is 8.08. The van der Waals surface area contributed by atoms with Gasteiger partial charge in [0.2, 0.25) is 0 Å². The highest BCUT2D eigenvalue weighted by molar-refractivity contribution is 7.99. The van der Waals surface area contributed by atoms with E-state index in [4.69, 9.17) is 14.9 Å². The van der Waals surface area contributed by atoms with Crippen molar-refractivity contribution >= 4 is 17.7 Å². The number of aliphatic hydroxyl groups excluding tert-OH is 1. The molecular formula is C9H18O4S. The van der Waals surface area contributed by atoms with Crippen LogP contribution in [0.3, 0.4) is 0 Å². The van der Waals surface area contributed by atoms with Gasteiger partial charge in [0.15, 0.2) is 6.10 Å². The number of hydrogen-bond acceptors (Lipinski definition) is 4. The minimum Gasteiger partial charge on any atom is -0.479 e. The molecule has 0 spiro atoms. The van der Waals surface area contributed by atoms with E-state index < -0.39 is 12.1 Å². The maximum absolute atomic E-state index is 10.6. The third kappa shape index (κ3) is 6.23. The number of thioether (sulfide) groups is 1. The molecule has 0 bridgehead atoms. The summed E-state index contributed by atoms with van der Waals surface area (Å²) >= 11 is 1.50. The number of carboxylic acid groups (broad SMARTS) is 1. The lowest BCUT2D eigenvalue weighted by molar-refractivity contribution is -0.148. The van der Waals surface area contributed by atoms with Crippen LogP contribution in [-0.4, -0.2) is 47.0 Å². The van der Waals surface area contributed by atoms with E-state index in [1.165, 1.54) is 11.8 Å². The standard InChI is InChI=1S/C9H18O4S/c1-3-13-8(9(11)12)6-14-5-7(2)4-10/h7-8,10H,3-6H2,1-2H3,(H,11,12). The summed E-state index contributed by atoms with van der Waals surface area (Å²) in [4.78, 5) is 10.6. The minimum atomic E-state index is -0.920. The van der Waals surface area contributed by atoms with Gasteiger partial charge in [0.25, 0.3) is 0 Å². The number of ether oxygens (including phenoxy) is 1. The molecule has 0 aliphatic heterocycles. The molecule has 0 amide bonds. The first-order chi connectivity index (χ1) is 6.61. The topological polar surface area (TPSA) is 66.8 Å². The zero-order valence-corrected chi connectivity index (χ0v) is 9.42. The molecule has 0 aromatic heterocycles. The van der Waals surface area contributed by atoms with Gasteiger partial charge in [0, 0.05) is 19.0 Å². The predicted molar refractivity (Wildman–Crippen MR) is 56.6 cm³/mol. The number of aliphatic hydroxyl groups is 1. The molecule has 2 unspecified atom stereocenters. The second-order valence-electron chi connectivity index (χ2n) is 3.11. The van der Waals surface area contributed by atoms with Crippen molar-refractivity contribution in [1.82, 2.24) is 0 Å². The van der Waals surface area contributed by atoms with Gasteiger partial charge in [0.1, 0.15) is 0 Å². The molecule has 2 N–H and O–H groups in total. The van der Waals surface area contributed by atoms with Crippen molar-refractivity contribution in [2.75, 3.05) is 24.7 Å². The van der Waals surface area contributed by atoms with Crippen LogP contribution in [0.25, 0.3) is 0 Å². The number of carbonyl (C=O) groups is 1. The first-order valence-electron chi connectivity index (χ1n) is 4.64. The molecule has 0 radical (unpaired) electrons. The summed E-state index contributed by atoms with van der Waals surface area (Å²) in [6.07, 6.45) is -0.726. The summed E-state index contributed by atoms with van der Waals surface area (Å²) in [5.74, 6) is 0.480. The molecule has 0 aromatic carbocycles. The van der Waals surface area contributed by atoms with Gasteiger partial charge in [-0.3, -0.25) is 0 Å². The molecule has 0 fully saturated rings. The van der Waals surface area contributed by atoms with Gasteiger partial charge in [-0.2, -0.15) is 11.8 Å². The van der Waals surface area contributed by atoms with Gasteiger partial charge in [-0.15, -0.1) is 0 Å². The summed E-state index contributed by atoms with van der Waals surface area (Å²) in [5.41, 5.74) is 0. The average molecular weight is 222 g/mol. The molecule has 0 rings (SSSR count). The molecule has 84 valence electrons. The van der Waals surface area contributed by atoms with Crippen molar-refractivity contribution in [3.8, 4) is 0 Å². The summed E-state index contributed by atoms with van der Waals surface area (Å²) in [6.45, 7) is 4.24. The Morgan fingerprint density at radius 1 is 1.50 bits per heavy atom. The molecule has 4 nitrogen and oxygen atoms in total. The van der Waals surface area contributed by atoms with Crippen LogP contribution in [0.15, 0.2) is 0 Å². The Kier molecular flexibility index (Phi) is 7.93. The monoisotopic (exact) mass is 222 g/mol. The summed E-state index contributed by atoms with van der Waals surface area (Å²) in [6, 6.07) is 0. The van der Waals surface area contributed by atoms with Crippen LogP contribution >= 0.6 is 11.8 Å². The second-order valence-corrected chi connectivity index (χ2v) is 4.18. The average Bonchev–Trinajstić information content (AvgIpc) is 2.16. The van der Waals surface area contributed by atoms with Crippen LogP contribution in [0.5, 0.6) is 0 Å². The lowest BCUT2D eigenvalue weighted by Gasteiger charge is -2.13. The molecule has 5 heteroatoms. The zero-order valence-electron chi connectivity index (χ0n) is 8.60. The minimum absolute atomic E-state index is 0.138. The Hall–Kier alpha value is -0.260. The molecule has 14 heavy (non-hydrogen) atoms. The third-order valence-corrected chi connectivity index (χ3v) is 2.97. The van der Waals surface area contributed by atoms with Crippen LogP contribution in [0.2, 0.25) is 0 Å². The molecule has 0 saturated carbocycles. The fraction of sp³-hybridized carbons (Fsp3) is 0.889. The maximum Gasteiger partial charge on any atom is 0.333 e. The first-order valence-corrected chi connectivity index (χ1v) is 5.80. The Balaban J connectivity index is 3.66. The van der Waals surface area contributed by atoms with E-state index in [-0.39, 0.29) is 12.5 Å². The van der Waals surface area contributed by atoms with Crippen LogP contribution in [-0.2, 0) is 9.53 Å². The SMILES string of the molecule is CCOC(CSCC(C)CO)C(=O)O. The zero-order chi connectivity index (χ0) is 11.0. The Bertz CT molecular complexity index is 163. The molecule has 2 atom stereocenters. The normalized spacial score (nSPS) is 15.1. The van der Waals surface area contributed by atoms with Crippen LogP contribution in [0.4, 0.5) is 0 Å². The van der Waals surface area contributed by atoms with Gasteiger partial charge in [-0.25, -0.2) is 4.79 Å². The highest BCUT2D eigenvalue weighted by Crippen LogP contribution is 2.11. The lowest BCUT2D eigenvalue weighted by Crippen LogP contribution is -2.27. The number of carboxylic acids is 1. The van der Waals surface area contributed by atoms with Crippen molar-refractivity contribution < 1.29 is 19.7 Å². The third-order valence-electron chi connectivity index (χ3n) is 1.63. The molecule has 0 saturated heterocycles. The van der Waals surface area contributed by atoms with Gasteiger partial charge >= 0.3 is 5.97 Å². The Labute approximate surface area is 88.6 Å². The van der Waals surface area contributed by atoms with Crippen molar-refractivity contribution in [3.05, 3.63) is 0 Å². The Morgan fingerprint density at radius 2 is 2.14 bits per heavy atom. The summed E-state index contributed by atoms with van der Waals surface area (Å²) < 4.78 is 5.04. The van der Waals surface area contributed by atoms with Gasteiger partial charge in [-0.05, 0) is 18.6 Å². The quantitative estimate of drug-likeness (QED) is 0.637. The van der Waals surface area contributed by atoms with Gasteiger partial charge in [-0.1, -0.05) is 6.92 Å². The van der Waals surface area contributed by atoms with E-state index in [9.17, 15) is 4.79 Å². The summed E-state index contributed by atoms with van der Waals surface area (Å²) in [5, 5.41) is 17.5. The van der Waals surface area contributed by atoms with Crippen molar-refractivity contribution in [2.45, 2.75) is 20.0 Å². The van der Waals surface area contributed by atoms with Crippen LogP contribution in [0, 0.1) is 5.92 Å². The van der Waals surface area contributed by atoms with Crippen molar-refractivity contribution in [2.24, 2.45) is 5.92 Å². The molecule has 0 heterocycles. The number of hydrogen-bond donors (Lipinski definition) is 2. The highest BCUT2D eigenvalue weighted by atomic mass is 32.2. The molecule has 0 aromatic rings. The van der Waals surface area contributed by atoms with Crippen LogP contribution < -0.4 is 0 Å². The Morgan fingerprint density at radius 3 is 2.57 bits per heavy atom. The van der Waals surface area contributed by atoms with Gasteiger partial charge < -0.3 is 14.9 Å². The largest absolute Gasteiger partial charge is 0.479 e. The van der Waals surface area contributed by atoms with Crippen molar-refractivity contribution in [3.63, 3.8) is 0 Å². The maximum atomic E-state index is 10.6.